The van der Waals surface area contributed by atoms with Crippen molar-refractivity contribution in [3.63, 3.8) is 0 Å². The molecule has 0 spiro atoms. The monoisotopic (exact) mass is 322 g/mol. The summed E-state index contributed by atoms with van der Waals surface area (Å²) in [5, 5.41) is -0.110. The zero-order chi connectivity index (χ0) is 13.3. The standard InChI is InChI=1S/C16H16BrCl/c1-10-8-11(2)15(12(3)9-10)16(18)13-6-4-5-7-14(13)17/h4-9,16H,1-3H3. The van der Waals surface area contributed by atoms with Crippen molar-refractivity contribution in [1.82, 2.24) is 0 Å². The Hall–Kier alpha value is -0.790. The molecule has 2 aromatic rings. The Morgan fingerprint density at radius 2 is 1.56 bits per heavy atom. The maximum atomic E-state index is 6.67. The van der Waals surface area contributed by atoms with E-state index in [-0.39, 0.29) is 5.38 Å². The van der Waals surface area contributed by atoms with E-state index < -0.39 is 0 Å². The van der Waals surface area contributed by atoms with Crippen molar-refractivity contribution in [2.45, 2.75) is 26.1 Å². The Bertz CT molecular complexity index is 552. The van der Waals surface area contributed by atoms with Crippen molar-refractivity contribution in [2.75, 3.05) is 0 Å². The molecule has 0 aromatic heterocycles. The average molecular weight is 324 g/mol. The highest BCUT2D eigenvalue weighted by atomic mass is 79.9. The zero-order valence-corrected chi connectivity index (χ0v) is 13.1. The van der Waals surface area contributed by atoms with Gasteiger partial charge in [-0.25, -0.2) is 0 Å². The molecule has 94 valence electrons. The van der Waals surface area contributed by atoms with Crippen LogP contribution in [0.25, 0.3) is 0 Å². The summed E-state index contributed by atoms with van der Waals surface area (Å²) >= 11 is 10.2. The maximum Gasteiger partial charge on any atom is 0.0851 e. The van der Waals surface area contributed by atoms with Crippen molar-refractivity contribution in [2.24, 2.45) is 0 Å². The summed E-state index contributed by atoms with van der Waals surface area (Å²) in [7, 11) is 0. The van der Waals surface area contributed by atoms with Crippen LogP contribution in [0, 0.1) is 20.8 Å². The third-order valence-corrected chi connectivity index (χ3v) is 4.35. The Morgan fingerprint density at radius 3 is 2.11 bits per heavy atom. The van der Waals surface area contributed by atoms with Gasteiger partial charge in [-0.05, 0) is 49.1 Å². The lowest BCUT2D eigenvalue weighted by molar-refractivity contribution is 1.07. The molecule has 0 aliphatic rings. The predicted molar refractivity (Wildman–Crippen MR) is 82.5 cm³/mol. The molecule has 2 heteroatoms. The number of aryl methyl sites for hydroxylation is 3. The van der Waals surface area contributed by atoms with Gasteiger partial charge in [-0.2, -0.15) is 0 Å². The summed E-state index contributed by atoms with van der Waals surface area (Å²) < 4.78 is 1.06. The number of hydrogen-bond acceptors (Lipinski definition) is 0. The highest BCUT2D eigenvalue weighted by molar-refractivity contribution is 9.10. The summed E-state index contributed by atoms with van der Waals surface area (Å²) in [4.78, 5) is 0. The van der Waals surface area contributed by atoms with Gasteiger partial charge in [0.1, 0.15) is 0 Å². The Balaban J connectivity index is 2.53. The second kappa shape index (κ2) is 5.46. The molecule has 0 saturated carbocycles. The quantitative estimate of drug-likeness (QED) is 0.622. The molecule has 0 N–H and O–H groups in total. The van der Waals surface area contributed by atoms with E-state index in [2.05, 4.69) is 54.9 Å². The second-order valence-electron chi connectivity index (χ2n) is 4.70. The van der Waals surface area contributed by atoms with Gasteiger partial charge in [-0.15, -0.1) is 11.6 Å². The summed E-state index contributed by atoms with van der Waals surface area (Å²) in [6.07, 6.45) is 0. The molecule has 18 heavy (non-hydrogen) atoms. The van der Waals surface area contributed by atoms with E-state index in [4.69, 9.17) is 11.6 Å². The first kappa shape index (κ1) is 13.6. The molecule has 2 aromatic carbocycles. The molecule has 0 amide bonds. The number of rotatable bonds is 2. The first-order chi connectivity index (χ1) is 8.50. The van der Waals surface area contributed by atoms with Crippen molar-refractivity contribution in [3.05, 3.63) is 68.7 Å². The molecule has 0 heterocycles. The van der Waals surface area contributed by atoms with Crippen molar-refractivity contribution < 1.29 is 0 Å². The van der Waals surface area contributed by atoms with Crippen molar-refractivity contribution in [1.29, 1.82) is 0 Å². The minimum atomic E-state index is -0.110. The number of benzene rings is 2. The molecule has 0 aliphatic carbocycles. The van der Waals surface area contributed by atoms with Gasteiger partial charge in [0.05, 0.1) is 5.38 Å². The Labute approximate surface area is 122 Å². The first-order valence-corrected chi connectivity index (χ1v) is 7.20. The van der Waals surface area contributed by atoms with E-state index in [9.17, 15) is 0 Å². The van der Waals surface area contributed by atoms with Gasteiger partial charge in [-0.1, -0.05) is 51.8 Å². The predicted octanol–water partition coefficient (Wildman–Crippen LogP) is 5.70. The van der Waals surface area contributed by atoms with E-state index in [1.54, 1.807) is 0 Å². The minimum Gasteiger partial charge on any atom is -0.113 e. The van der Waals surface area contributed by atoms with Crippen LogP contribution in [-0.4, -0.2) is 0 Å². The van der Waals surface area contributed by atoms with Crippen LogP contribution in [0.1, 0.15) is 33.2 Å². The van der Waals surface area contributed by atoms with E-state index in [0.29, 0.717) is 0 Å². The van der Waals surface area contributed by atoms with Crippen LogP contribution in [0.2, 0.25) is 0 Å². The number of halogens is 2. The van der Waals surface area contributed by atoms with Crippen LogP contribution < -0.4 is 0 Å². The largest absolute Gasteiger partial charge is 0.113 e. The van der Waals surface area contributed by atoms with Gasteiger partial charge in [0.2, 0.25) is 0 Å². The third-order valence-electron chi connectivity index (χ3n) is 3.17. The first-order valence-electron chi connectivity index (χ1n) is 5.97. The lowest BCUT2D eigenvalue weighted by Crippen LogP contribution is -2.01. The molecular weight excluding hydrogens is 308 g/mol. The third kappa shape index (κ3) is 2.62. The minimum absolute atomic E-state index is 0.110. The fraction of sp³-hybridized carbons (Fsp3) is 0.250. The molecule has 0 saturated heterocycles. The zero-order valence-electron chi connectivity index (χ0n) is 10.8. The molecule has 0 bridgehead atoms. The molecule has 0 radical (unpaired) electrons. The van der Waals surface area contributed by atoms with Crippen LogP contribution in [0.4, 0.5) is 0 Å². The van der Waals surface area contributed by atoms with Crippen molar-refractivity contribution in [3.8, 4) is 0 Å². The van der Waals surface area contributed by atoms with Crippen molar-refractivity contribution >= 4 is 27.5 Å². The van der Waals surface area contributed by atoms with E-state index >= 15 is 0 Å². The Morgan fingerprint density at radius 1 is 1.00 bits per heavy atom. The molecule has 0 aliphatic heterocycles. The van der Waals surface area contributed by atoms with Crippen LogP contribution in [-0.2, 0) is 0 Å². The molecule has 0 fully saturated rings. The maximum absolute atomic E-state index is 6.67. The average Bonchev–Trinajstić information content (AvgIpc) is 2.27. The lowest BCUT2D eigenvalue weighted by Gasteiger charge is -2.18. The summed E-state index contributed by atoms with van der Waals surface area (Å²) in [6.45, 7) is 6.37. The molecule has 1 atom stereocenters. The van der Waals surface area contributed by atoms with E-state index in [0.717, 1.165) is 10.0 Å². The fourth-order valence-electron chi connectivity index (χ4n) is 2.43. The summed E-state index contributed by atoms with van der Waals surface area (Å²) in [6, 6.07) is 12.5. The lowest BCUT2D eigenvalue weighted by atomic mass is 9.94. The molecule has 1 unspecified atom stereocenters. The van der Waals surface area contributed by atoms with Gasteiger partial charge in [-0.3, -0.25) is 0 Å². The smallest absolute Gasteiger partial charge is 0.0851 e. The number of alkyl halides is 1. The van der Waals surface area contributed by atoms with Gasteiger partial charge in [0.25, 0.3) is 0 Å². The van der Waals surface area contributed by atoms with Crippen LogP contribution >= 0.6 is 27.5 Å². The van der Waals surface area contributed by atoms with Crippen LogP contribution in [0.3, 0.4) is 0 Å². The summed E-state index contributed by atoms with van der Waals surface area (Å²) in [5.74, 6) is 0. The van der Waals surface area contributed by atoms with Gasteiger partial charge >= 0.3 is 0 Å². The Kier molecular flexibility index (Phi) is 4.14. The SMILES string of the molecule is Cc1cc(C)c(C(Cl)c2ccccc2Br)c(C)c1. The topological polar surface area (TPSA) is 0 Å². The van der Waals surface area contributed by atoms with Crippen LogP contribution in [0.15, 0.2) is 40.9 Å². The van der Waals surface area contributed by atoms with Gasteiger partial charge < -0.3 is 0 Å². The van der Waals surface area contributed by atoms with E-state index in [1.165, 1.54) is 22.3 Å². The van der Waals surface area contributed by atoms with Gasteiger partial charge in [0.15, 0.2) is 0 Å². The second-order valence-corrected chi connectivity index (χ2v) is 5.99. The van der Waals surface area contributed by atoms with E-state index in [1.807, 2.05) is 18.2 Å². The normalized spacial score (nSPS) is 12.5. The number of hydrogen-bond donors (Lipinski definition) is 0. The van der Waals surface area contributed by atoms with Crippen LogP contribution in [0.5, 0.6) is 0 Å². The highest BCUT2D eigenvalue weighted by Gasteiger charge is 2.17. The summed E-state index contributed by atoms with van der Waals surface area (Å²) in [5.41, 5.74) is 6.12. The molecule has 2 rings (SSSR count). The fourth-order valence-corrected chi connectivity index (χ4v) is 3.61. The van der Waals surface area contributed by atoms with Gasteiger partial charge in [0, 0.05) is 4.47 Å². The molecule has 0 nitrogen and oxygen atoms in total. The molecular formula is C16H16BrCl. The highest BCUT2D eigenvalue weighted by Crippen LogP contribution is 2.37.